The molecule has 0 aliphatic carbocycles. The molecule has 0 saturated heterocycles. The first-order valence-electron chi connectivity index (χ1n) is 2.65. The fraction of sp³-hybridized carbons (Fsp3) is 0.667. The van der Waals surface area contributed by atoms with Gasteiger partial charge in [0.25, 0.3) is 0 Å². The van der Waals surface area contributed by atoms with Crippen LogP contribution in [-0.2, 0) is 4.79 Å². The molecule has 0 aromatic carbocycles. The second-order valence-electron chi connectivity index (χ2n) is 1.36. The minimum absolute atomic E-state index is 0. The van der Waals surface area contributed by atoms with Crippen LogP contribution in [0.1, 0.15) is 0 Å². The Morgan fingerprint density at radius 3 is 1.19 bits per heavy atom. The van der Waals surface area contributed by atoms with Crippen molar-refractivity contribution in [2.24, 2.45) is 5.73 Å². The number of carboxylic acids is 1. The normalized spacial score (nSPS) is 6.81. The number of carboxylic acid groups (broad SMARTS) is 1. The molecule has 0 aromatic heterocycles. The molecule has 9 nitrogen and oxygen atoms in total. The summed E-state index contributed by atoms with van der Waals surface area (Å²) in [6.07, 6.45) is -1.43. The topological polar surface area (TPSA) is 171 Å². The Kier molecular flexibility index (Phi) is 76.9. The van der Waals surface area contributed by atoms with Gasteiger partial charge in [-0.3, -0.25) is 0 Å². The van der Waals surface area contributed by atoms with Gasteiger partial charge in [-0.2, -0.15) is 0 Å². The predicted octanol–water partition coefficient (Wildman–Crippen LogP) is -15.8. The molecular formula is C3H8K4N4O5. The summed E-state index contributed by atoms with van der Waals surface area (Å²) in [5.74, 6) is -1.22. The Hall–Kier alpha value is 5.74. The molecule has 0 aliphatic heterocycles. The van der Waals surface area contributed by atoms with Gasteiger partial charge in [0, 0.05) is 6.54 Å². The first-order chi connectivity index (χ1) is 5.62. The number of nitrogens with two attached hydrogens (primary N) is 1. The number of aliphatic carboxylic acids is 1. The molecule has 0 atom stereocenters. The Labute approximate surface area is 263 Å². The Morgan fingerprint density at radius 2 is 1.19 bits per heavy atom. The summed E-state index contributed by atoms with van der Waals surface area (Å²) in [5, 5.41) is 37.1. The van der Waals surface area contributed by atoms with E-state index in [9.17, 15) is 15.6 Å². The molecule has 0 bridgehead atoms. The van der Waals surface area contributed by atoms with Gasteiger partial charge >= 0.3 is 206 Å². The van der Waals surface area contributed by atoms with Crippen LogP contribution in [0.5, 0.6) is 0 Å². The number of hydrogen-bond donors (Lipinski definition) is 4. The molecular weight excluding hydrogens is 328 g/mol. The van der Waals surface area contributed by atoms with Crippen LogP contribution in [-0.4, -0.2) is 18.8 Å². The van der Waals surface area contributed by atoms with Crippen molar-refractivity contribution in [1.29, 1.82) is 0 Å². The third kappa shape index (κ3) is 36.7. The van der Waals surface area contributed by atoms with E-state index >= 15 is 0 Å². The molecule has 0 aliphatic rings. The average molecular weight is 337 g/mol. The number of rotatable bonds is 4. The average Bonchev–Trinajstić information content (AvgIpc) is 2.09. The molecule has 0 unspecified atom stereocenters. The molecule has 0 radical (unpaired) electrons. The van der Waals surface area contributed by atoms with E-state index < -0.39 is 12.3 Å². The largest absolute Gasteiger partial charge is 1.00 e. The minimum atomic E-state index is -1.43. The van der Waals surface area contributed by atoms with E-state index in [1.807, 2.05) is 0 Å². The van der Waals surface area contributed by atoms with E-state index in [1.165, 1.54) is 0 Å². The van der Waals surface area contributed by atoms with Crippen LogP contribution >= 0.6 is 0 Å². The molecule has 5 N–H and O–H groups in total. The van der Waals surface area contributed by atoms with Gasteiger partial charge in [-0.25, -0.2) is 0 Å². The first-order valence-corrected chi connectivity index (χ1v) is 2.65. The zero-order chi connectivity index (χ0) is 9.98. The molecule has 0 saturated carbocycles. The standard InChI is InChI=1S/C2H5NO2.CH4N3O3.4K/c3-1-2(4)5;5-2-1(3-6)4-7;;;;/h1,3H2,(H,4,5);1-4H;;;;/q;-3;4*+1/p-1. The summed E-state index contributed by atoms with van der Waals surface area (Å²) in [6.45, 7) is -0.389. The SMILES string of the molecule is NCC(=O)[O-].[K+].[K+].[K+].[K+].[O-]NC(N[O-])N[O-]. The van der Waals surface area contributed by atoms with Crippen molar-refractivity contribution in [2.75, 3.05) is 6.54 Å². The Bertz CT molecular complexity index is 114. The van der Waals surface area contributed by atoms with Gasteiger partial charge in [0.05, 0.1) is 12.3 Å². The van der Waals surface area contributed by atoms with Gasteiger partial charge in [-0.15, -0.1) is 0 Å². The van der Waals surface area contributed by atoms with Crippen molar-refractivity contribution in [3.8, 4) is 0 Å². The van der Waals surface area contributed by atoms with E-state index in [2.05, 4.69) is 5.73 Å². The van der Waals surface area contributed by atoms with Gasteiger partial charge in [-0.1, -0.05) is 0 Å². The van der Waals surface area contributed by atoms with Crippen LogP contribution in [0.15, 0.2) is 0 Å². The van der Waals surface area contributed by atoms with E-state index in [0.29, 0.717) is 0 Å². The van der Waals surface area contributed by atoms with Crippen molar-refractivity contribution < 1.29 is 215 Å². The third-order valence-corrected chi connectivity index (χ3v) is 0.520. The molecule has 0 rings (SSSR count). The molecule has 0 amide bonds. The predicted molar refractivity (Wildman–Crippen MR) is 37.4 cm³/mol. The van der Waals surface area contributed by atoms with E-state index in [-0.39, 0.29) is 212 Å². The fourth-order valence-corrected chi connectivity index (χ4v) is 0.0722. The fourth-order valence-electron chi connectivity index (χ4n) is 0.0722. The van der Waals surface area contributed by atoms with Gasteiger partial charge in [0.15, 0.2) is 0 Å². The molecule has 0 fully saturated rings. The number of hydroxylamine groups is 3. The van der Waals surface area contributed by atoms with Gasteiger partial charge in [0.1, 0.15) is 0 Å². The van der Waals surface area contributed by atoms with Crippen molar-refractivity contribution in [3.05, 3.63) is 15.6 Å². The molecule has 74 valence electrons. The number of carbonyl (C=O) groups is 1. The Morgan fingerprint density at radius 1 is 1.00 bits per heavy atom. The quantitative estimate of drug-likeness (QED) is 0.221. The van der Waals surface area contributed by atoms with Crippen LogP contribution in [0.3, 0.4) is 0 Å². The molecule has 0 aromatic rings. The Balaban J connectivity index is -0.0000000258. The molecule has 13 heteroatoms. The molecule has 0 heterocycles. The monoisotopic (exact) mass is 336 g/mol. The maximum Gasteiger partial charge on any atom is 1.00 e. The van der Waals surface area contributed by atoms with E-state index in [0.717, 1.165) is 16.4 Å². The third-order valence-electron chi connectivity index (χ3n) is 0.520. The summed E-state index contributed by atoms with van der Waals surface area (Å²) < 4.78 is 0. The summed E-state index contributed by atoms with van der Waals surface area (Å²) in [5.41, 5.74) is 7.82. The smallest absolute Gasteiger partial charge is 0.786 e. The van der Waals surface area contributed by atoms with Crippen LogP contribution in [0.25, 0.3) is 0 Å². The second-order valence-corrected chi connectivity index (χ2v) is 1.36. The number of hydrogen-bond acceptors (Lipinski definition) is 9. The summed E-state index contributed by atoms with van der Waals surface area (Å²) in [6, 6.07) is 0. The van der Waals surface area contributed by atoms with E-state index in [4.69, 9.17) is 9.90 Å². The van der Waals surface area contributed by atoms with Crippen molar-refractivity contribution in [3.63, 3.8) is 0 Å². The van der Waals surface area contributed by atoms with Crippen molar-refractivity contribution in [2.45, 2.75) is 6.29 Å². The van der Waals surface area contributed by atoms with Crippen LogP contribution in [0.2, 0.25) is 0 Å². The zero-order valence-electron chi connectivity index (χ0n) is 9.90. The van der Waals surface area contributed by atoms with Gasteiger partial charge in [-0.05, 0) is 0 Å². The van der Waals surface area contributed by atoms with Crippen molar-refractivity contribution in [1.82, 2.24) is 16.4 Å². The number of nitrogens with one attached hydrogen (secondary N) is 3. The van der Waals surface area contributed by atoms with Gasteiger partial charge in [0.2, 0.25) is 0 Å². The van der Waals surface area contributed by atoms with Crippen LogP contribution in [0, 0.1) is 15.6 Å². The minimum Gasteiger partial charge on any atom is -0.786 e. The summed E-state index contributed by atoms with van der Waals surface area (Å²) in [7, 11) is 0. The summed E-state index contributed by atoms with van der Waals surface area (Å²) >= 11 is 0. The maximum atomic E-state index is 9.32. The second kappa shape index (κ2) is 32.6. The van der Waals surface area contributed by atoms with Crippen molar-refractivity contribution >= 4 is 5.97 Å². The number of carbonyl (C=O) groups excluding carboxylic acids is 1. The molecule has 0 spiro atoms. The van der Waals surface area contributed by atoms with Gasteiger partial charge < -0.3 is 47.7 Å². The summed E-state index contributed by atoms with van der Waals surface area (Å²) in [4.78, 5) is 9.13. The first kappa shape index (κ1) is 37.7. The maximum absolute atomic E-state index is 9.32. The van der Waals surface area contributed by atoms with Crippen LogP contribution < -0.4 is 233 Å². The zero-order valence-corrected chi connectivity index (χ0v) is 22.4. The molecule has 16 heavy (non-hydrogen) atoms. The van der Waals surface area contributed by atoms with E-state index in [1.54, 1.807) is 0 Å². The van der Waals surface area contributed by atoms with Crippen LogP contribution in [0.4, 0.5) is 0 Å².